The van der Waals surface area contributed by atoms with Crippen LogP contribution in [-0.2, 0) is 10.5 Å². The second-order valence-electron chi connectivity index (χ2n) is 7.54. The second-order valence-corrected chi connectivity index (χ2v) is 8.50. The van der Waals surface area contributed by atoms with Gasteiger partial charge in [-0.25, -0.2) is 9.40 Å². The van der Waals surface area contributed by atoms with Gasteiger partial charge in [-0.1, -0.05) is 60.3 Å². The Morgan fingerprint density at radius 1 is 1.03 bits per heavy atom. The molecule has 2 heterocycles. The van der Waals surface area contributed by atoms with E-state index in [9.17, 15) is 9.18 Å². The van der Waals surface area contributed by atoms with Gasteiger partial charge < -0.3 is 9.47 Å². The van der Waals surface area contributed by atoms with Gasteiger partial charge in [-0.05, 0) is 23.8 Å². The van der Waals surface area contributed by atoms with Gasteiger partial charge in [-0.2, -0.15) is 0 Å². The van der Waals surface area contributed by atoms with Crippen molar-refractivity contribution in [3.63, 3.8) is 0 Å². The first-order chi connectivity index (χ1) is 16.6. The molecule has 1 unspecified atom stereocenters. The standard InChI is InChI=1S/C25H21FN4O3S/c1-32-20-13-7-10-17(22(20)33-2)23-27-19-12-6-4-9-16(19)21-24(31)28-25(29-30(21)23)34-14-15-8-3-5-11-18(15)26/h3-13,23H,14H2,1-2H3,(H,28,29,31). The molecule has 34 heavy (non-hydrogen) atoms. The van der Waals surface area contributed by atoms with Crippen molar-refractivity contribution in [3.05, 3.63) is 94.3 Å². The number of amidine groups is 1. The van der Waals surface area contributed by atoms with Crippen molar-refractivity contribution in [2.24, 2.45) is 10.1 Å². The van der Waals surface area contributed by atoms with Gasteiger partial charge in [0.25, 0.3) is 5.91 Å². The fraction of sp³-hybridized carbons (Fsp3) is 0.160. The molecule has 0 aromatic heterocycles. The van der Waals surface area contributed by atoms with Gasteiger partial charge in [-0.15, -0.1) is 5.10 Å². The Bertz CT molecular complexity index is 1430. The number of nitrogens with zero attached hydrogens (tertiary/aromatic N) is 3. The van der Waals surface area contributed by atoms with Crippen LogP contribution in [0.1, 0.15) is 17.3 Å². The number of hydrogen-bond acceptors (Lipinski definition) is 7. The average Bonchev–Trinajstić information content (AvgIpc) is 2.87. The average molecular weight is 477 g/mol. The summed E-state index contributed by atoms with van der Waals surface area (Å²) in [6.07, 6.45) is -0.662. The van der Waals surface area contributed by atoms with Crippen LogP contribution in [0.15, 0.2) is 76.8 Å². The van der Waals surface area contributed by atoms with E-state index in [0.29, 0.717) is 49.8 Å². The van der Waals surface area contributed by atoms with E-state index in [-0.39, 0.29) is 11.7 Å². The first kappa shape index (κ1) is 22.0. The van der Waals surface area contributed by atoms with Crippen LogP contribution in [0.2, 0.25) is 0 Å². The second kappa shape index (κ2) is 9.18. The van der Waals surface area contributed by atoms with Gasteiger partial charge in [0.2, 0.25) is 0 Å². The monoisotopic (exact) mass is 476 g/mol. The van der Waals surface area contributed by atoms with E-state index in [1.165, 1.54) is 17.8 Å². The third kappa shape index (κ3) is 3.88. The largest absolute Gasteiger partial charge is 0.493 e. The van der Waals surface area contributed by atoms with Crippen LogP contribution in [0.5, 0.6) is 11.5 Å². The summed E-state index contributed by atoms with van der Waals surface area (Å²) >= 11 is 1.25. The lowest BCUT2D eigenvalue weighted by Gasteiger charge is -2.34. The molecule has 172 valence electrons. The molecule has 0 aliphatic carbocycles. The summed E-state index contributed by atoms with van der Waals surface area (Å²) in [5.74, 6) is 0.774. The minimum atomic E-state index is -0.662. The van der Waals surface area contributed by atoms with Crippen LogP contribution in [0, 0.1) is 5.82 Å². The Balaban J connectivity index is 1.61. The molecule has 9 heteroatoms. The van der Waals surface area contributed by atoms with Crippen LogP contribution >= 0.6 is 11.8 Å². The van der Waals surface area contributed by atoms with Crippen LogP contribution < -0.4 is 25.4 Å². The maximum absolute atomic E-state index is 14.1. The lowest BCUT2D eigenvalue weighted by Crippen LogP contribution is -2.50. The number of ether oxygens (including phenoxy) is 2. The van der Waals surface area contributed by atoms with Gasteiger partial charge in [0.15, 0.2) is 22.8 Å². The summed E-state index contributed by atoms with van der Waals surface area (Å²) < 4.78 is 25.2. The van der Waals surface area contributed by atoms with Gasteiger partial charge in [0.05, 0.1) is 19.6 Å². The number of hydrogen-bond donors (Lipinski definition) is 1. The number of halogens is 1. The lowest BCUT2D eigenvalue weighted by molar-refractivity contribution is -0.116. The number of rotatable bonds is 5. The van der Waals surface area contributed by atoms with Crippen molar-refractivity contribution in [3.8, 4) is 11.5 Å². The highest BCUT2D eigenvalue weighted by Gasteiger charge is 2.36. The van der Waals surface area contributed by atoms with Crippen molar-refractivity contribution in [2.75, 3.05) is 14.2 Å². The van der Waals surface area contributed by atoms with Gasteiger partial charge in [0, 0.05) is 16.5 Å². The summed E-state index contributed by atoms with van der Waals surface area (Å²) in [6, 6.07) is 19.5. The molecule has 0 fully saturated rings. The Morgan fingerprint density at radius 3 is 2.62 bits per heavy atom. The summed E-state index contributed by atoms with van der Waals surface area (Å²) in [6.45, 7) is 0. The SMILES string of the molecule is COc1cccc(C2N=c3ccccc3=C3C(=O)NC(SCc4ccccc4F)=NN32)c1OC. The van der Waals surface area contributed by atoms with E-state index < -0.39 is 6.17 Å². The maximum Gasteiger partial charge on any atom is 0.276 e. The van der Waals surface area contributed by atoms with E-state index in [4.69, 9.17) is 19.6 Å². The summed E-state index contributed by atoms with van der Waals surface area (Å²) in [4.78, 5) is 18.2. The maximum atomic E-state index is 14.1. The van der Waals surface area contributed by atoms with E-state index in [1.54, 1.807) is 43.5 Å². The predicted octanol–water partition coefficient (Wildman–Crippen LogP) is 2.92. The molecule has 0 radical (unpaired) electrons. The molecule has 0 spiro atoms. The highest BCUT2D eigenvalue weighted by atomic mass is 32.2. The quantitative estimate of drug-likeness (QED) is 0.613. The minimum absolute atomic E-state index is 0.300. The summed E-state index contributed by atoms with van der Waals surface area (Å²) in [5, 5.41) is 10.9. The first-order valence-electron chi connectivity index (χ1n) is 10.5. The van der Waals surface area contributed by atoms with Gasteiger partial charge in [-0.3, -0.25) is 15.1 Å². The minimum Gasteiger partial charge on any atom is -0.493 e. The van der Waals surface area contributed by atoms with Crippen LogP contribution in [0.3, 0.4) is 0 Å². The molecule has 3 aromatic carbocycles. The van der Waals surface area contributed by atoms with Crippen LogP contribution in [-0.4, -0.2) is 30.3 Å². The Morgan fingerprint density at radius 2 is 1.82 bits per heavy atom. The van der Waals surface area contributed by atoms with Crippen molar-refractivity contribution >= 4 is 28.5 Å². The predicted molar refractivity (Wildman–Crippen MR) is 128 cm³/mol. The Kier molecular flexibility index (Phi) is 5.93. The fourth-order valence-corrected chi connectivity index (χ4v) is 4.81. The number of fused-ring (bicyclic) bond motifs is 2. The molecule has 0 saturated heterocycles. The smallest absolute Gasteiger partial charge is 0.276 e. The zero-order valence-corrected chi connectivity index (χ0v) is 19.3. The van der Waals surface area contributed by atoms with E-state index in [0.717, 1.165) is 0 Å². The molecule has 7 nitrogen and oxygen atoms in total. The number of nitrogens with one attached hydrogen (secondary N) is 1. The van der Waals surface area contributed by atoms with Crippen molar-refractivity contribution in [1.82, 2.24) is 10.3 Å². The van der Waals surface area contributed by atoms with Crippen molar-refractivity contribution in [1.29, 1.82) is 0 Å². The molecule has 2 aliphatic rings. The van der Waals surface area contributed by atoms with E-state index in [2.05, 4.69) is 5.32 Å². The molecule has 1 amide bonds. The van der Waals surface area contributed by atoms with Crippen LogP contribution in [0.4, 0.5) is 4.39 Å². The van der Waals surface area contributed by atoms with Gasteiger partial charge in [0.1, 0.15) is 11.5 Å². The van der Waals surface area contributed by atoms with Crippen molar-refractivity contribution in [2.45, 2.75) is 11.9 Å². The molecular formula is C25H21FN4O3S. The molecule has 0 saturated carbocycles. The third-order valence-electron chi connectivity index (χ3n) is 5.55. The van der Waals surface area contributed by atoms with Crippen LogP contribution in [0.25, 0.3) is 5.70 Å². The number of amides is 1. The molecule has 1 N–H and O–H groups in total. The number of hydrazone groups is 1. The summed E-state index contributed by atoms with van der Waals surface area (Å²) in [5.41, 5.74) is 1.61. The fourth-order valence-electron chi connectivity index (χ4n) is 3.97. The molecule has 0 bridgehead atoms. The topological polar surface area (TPSA) is 75.5 Å². The molecule has 1 atom stereocenters. The Hall–Kier alpha value is -3.85. The number of para-hydroxylation sites is 2. The number of thioether (sulfide) groups is 1. The number of benzene rings is 3. The van der Waals surface area contributed by atoms with Crippen molar-refractivity contribution < 1.29 is 18.7 Å². The zero-order chi connectivity index (χ0) is 23.7. The molecule has 5 rings (SSSR count). The lowest BCUT2D eigenvalue weighted by atomic mass is 10.1. The normalized spacial score (nSPS) is 16.6. The molecular weight excluding hydrogens is 455 g/mol. The summed E-state index contributed by atoms with van der Waals surface area (Å²) in [7, 11) is 3.13. The Labute approximate surface area is 199 Å². The molecule has 3 aromatic rings. The third-order valence-corrected chi connectivity index (χ3v) is 6.46. The number of methoxy groups -OCH3 is 2. The highest BCUT2D eigenvalue weighted by molar-refractivity contribution is 8.13. The highest BCUT2D eigenvalue weighted by Crippen LogP contribution is 2.40. The van der Waals surface area contributed by atoms with E-state index in [1.807, 2.05) is 36.4 Å². The molecule has 2 aliphatic heterocycles. The zero-order valence-electron chi connectivity index (χ0n) is 18.5. The van der Waals surface area contributed by atoms with E-state index >= 15 is 0 Å². The number of carbonyl (C=O) groups is 1. The number of carbonyl (C=O) groups excluding carboxylic acids is 1. The van der Waals surface area contributed by atoms with Gasteiger partial charge >= 0.3 is 0 Å². The first-order valence-corrected chi connectivity index (χ1v) is 11.5.